The van der Waals surface area contributed by atoms with Gasteiger partial charge in [-0.05, 0) is 66.2 Å². The lowest BCUT2D eigenvalue weighted by molar-refractivity contribution is -0.122. The monoisotopic (exact) mass is 595 g/mol. The molecule has 1 fully saturated rings. The fourth-order valence-electron chi connectivity index (χ4n) is 5.02. The number of carbonyl (C=O) groups excluding carboxylic acids is 3. The van der Waals surface area contributed by atoms with Crippen LogP contribution in [0.1, 0.15) is 16.4 Å². The Bertz CT molecular complexity index is 1700. The van der Waals surface area contributed by atoms with E-state index in [0.29, 0.717) is 31.9 Å². The number of aromatic nitrogens is 1. The van der Waals surface area contributed by atoms with Gasteiger partial charge in [-0.3, -0.25) is 23.7 Å². The van der Waals surface area contributed by atoms with Crippen LogP contribution in [0.2, 0.25) is 5.02 Å². The summed E-state index contributed by atoms with van der Waals surface area (Å²) >= 11 is 8.00. The Balaban J connectivity index is 1.40. The van der Waals surface area contributed by atoms with E-state index in [1.807, 2.05) is 0 Å². The number of nitrogens with zero attached hydrogens (tertiary/aromatic N) is 2. The number of imide groups is 1. The van der Waals surface area contributed by atoms with E-state index in [1.165, 1.54) is 41.0 Å². The molecule has 0 unspecified atom stereocenters. The predicted octanol–water partition coefficient (Wildman–Crippen LogP) is 4.84. The second-order valence-corrected chi connectivity index (χ2v) is 11.9. The number of halogens is 2. The number of rotatable bonds is 5. The van der Waals surface area contributed by atoms with Crippen LogP contribution in [0.4, 0.5) is 15.8 Å². The zero-order valence-corrected chi connectivity index (χ0v) is 22.8. The summed E-state index contributed by atoms with van der Waals surface area (Å²) in [7, 11) is 0. The van der Waals surface area contributed by atoms with Gasteiger partial charge in [0, 0.05) is 21.5 Å². The minimum atomic E-state index is -0.869. The van der Waals surface area contributed by atoms with Gasteiger partial charge in [0.2, 0.25) is 17.7 Å². The minimum Gasteiger partial charge on any atom is -0.508 e. The van der Waals surface area contributed by atoms with Gasteiger partial charge in [-0.15, -0.1) is 0 Å². The third-order valence-electron chi connectivity index (χ3n) is 6.82. The molecule has 8 nitrogen and oxygen atoms in total. The first-order valence-corrected chi connectivity index (χ1v) is 14.2. The Kier molecular flexibility index (Phi) is 6.73. The van der Waals surface area contributed by atoms with E-state index in [0.717, 1.165) is 28.0 Å². The zero-order valence-electron chi connectivity index (χ0n) is 20.4. The molecule has 0 radical (unpaired) electrons. The summed E-state index contributed by atoms with van der Waals surface area (Å²) in [6.45, 7) is -0.324. The smallest absolute Gasteiger partial charge is 0.308 e. The van der Waals surface area contributed by atoms with Gasteiger partial charge in [0.25, 0.3) is 0 Å². The second kappa shape index (κ2) is 10.2. The molecule has 2 aliphatic rings. The maximum Gasteiger partial charge on any atom is 0.308 e. The van der Waals surface area contributed by atoms with Gasteiger partial charge >= 0.3 is 4.87 Å². The molecule has 12 heteroatoms. The number of hydrogen-bond acceptors (Lipinski definition) is 7. The number of carbonyl (C=O) groups is 3. The van der Waals surface area contributed by atoms with E-state index in [2.05, 4.69) is 5.32 Å². The Hall–Kier alpha value is -3.93. The molecule has 3 atom stereocenters. The van der Waals surface area contributed by atoms with Crippen molar-refractivity contribution in [3.8, 4) is 5.75 Å². The van der Waals surface area contributed by atoms with E-state index in [-0.39, 0.29) is 12.3 Å². The zero-order chi connectivity index (χ0) is 28.1. The molecule has 0 saturated carbocycles. The molecule has 3 heterocycles. The summed E-state index contributed by atoms with van der Waals surface area (Å²) in [6, 6.07) is 17.9. The Morgan fingerprint density at radius 1 is 0.950 bits per heavy atom. The number of amides is 3. The van der Waals surface area contributed by atoms with Gasteiger partial charge < -0.3 is 10.4 Å². The highest BCUT2D eigenvalue weighted by Crippen LogP contribution is 2.53. The van der Waals surface area contributed by atoms with Crippen LogP contribution < -0.4 is 15.1 Å². The molecule has 0 bridgehead atoms. The average Bonchev–Trinajstić information content (AvgIpc) is 3.37. The fraction of sp³-hybridized carbons (Fsp3) is 0.143. The van der Waals surface area contributed by atoms with Gasteiger partial charge in [-0.2, -0.15) is 0 Å². The predicted molar refractivity (Wildman–Crippen MR) is 151 cm³/mol. The molecular formula is C28H19ClFN3O5S2. The number of benzene rings is 3. The van der Waals surface area contributed by atoms with Gasteiger partial charge in [-0.1, -0.05) is 46.8 Å². The SMILES string of the molecule is O=C(Cn1c2c(sc1=O)[C@@H](c1ccc(F)cc1)[C@@H]1C(=O)N(c3ccc(Cl)cc3)C(=O)[C@@H]1S2)Nc1ccc(O)cc1. The molecule has 2 aliphatic heterocycles. The van der Waals surface area contributed by atoms with E-state index in [4.69, 9.17) is 11.6 Å². The number of fused-ring (bicyclic) bond motifs is 2. The molecule has 40 heavy (non-hydrogen) atoms. The maximum atomic E-state index is 13.8. The largest absolute Gasteiger partial charge is 0.508 e. The lowest BCUT2D eigenvalue weighted by Crippen LogP contribution is -2.33. The van der Waals surface area contributed by atoms with E-state index < -0.39 is 45.5 Å². The fourth-order valence-corrected chi connectivity index (χ4v) is 7.92. The van der Waals surface area contributed by atoms with E-state index in [9.17, 15) is 28.7 Å². The van der Waals surface area contributed by atoms with Crippen LogP contribution in [0.15, 0.2) is 82.6 Å². The molecule has 6 rings (SSSR count). The Morgan fingerprint density at radius 2 is 1.62 bits per heavy atom. The van der Waals surface area contributed by atoms with Crippen molar-refractivity contribution in [2.24, 2.45) is 5.92 Å². The van der Waals surface area contributed by atoms with Gasteiger partial charge in [0.1, 0.15) is 23.4 Å². The van der Waals surface area contributed by atoms with Crippen LogP contribution in [0.3, 0.4) is 0 Å². The molecule has 3 aromatic carbocycles. The number of hydrogen-bond donors (Lipinski definition) is 2. The third-order valence-corrected chi connectivity index (χ3v) is 9.67. The number of phenolic OH excluding ortho intramolecular Hbond substituents is 1. The van der Waals surface area contributed by atoms with Crippen LogP contribution >= 0.6 is 34.7 Å². The molecule has 0 aliphatic carbocycles. The standard InChI is InChI=1S/C28H19ClFN3O5S2/c29-15-3-9-18(10-4-15)33-25(36)22-21(14-1-5-16(30)6-2-14)24-27(39-23(22)26(33)37)32(28(38)40-24)13-20(35)31-17-7-11-19(34)12-8-17/h1-12,21-23,34H,13H2,(H,31,35)/t21-,22-,23+/m0/s1. The van der Waals surface area contributed by atoms with Crippen molar-refractivity contribution in [1.29, 1.82) is 0 Å². The van der Waals surface area contributed by atoms with Crippen molar-refractivity contribution in [2.45, 2.75) is 22.7 Å². The highest BCUT2D eigenvalue weighted by Gasteiger charge is 2.56. The second-order valence-electron chi connectivity index (χ2n) is 9.30. The number of thioether (sulfide) groups is 1. The summed E-state index contributed by atoms with van der Waals surface area (Å²) < 4.78 is 15.1. The molecule has 1 saturated heterocycles. The number of phenols is 1. The van der Waals surface area contributed by atoms with Crippen LogP contribution in [0, 0.1) is 11.7 Å². The van der Waals surface area contributed by atoms with E-state index in [1.54, 1.807) is 36.4 Å². The van der Waals surface area contributed by atoms with Gasteiger partial charge in [-0.25, -0.2) is 9.29 Å². The van der Waals surface area contributed by atoms with Crippen molar-refractivity contribution < 1.29 is 23.9 Å². The molecule has 3 amide bonds. The highest BCUT2D eigenvalue weighted by atomic mass is 35.5. The first kappa shape index (κ1) is 26.3. The van der Waals surface area contributed by atoms with Gasteiger partial charge in [0.15, 0.2) is 0 Å². The van der Waals surface area contributed by atoms with Crippen LogP contribution in [-0.4, -0.2) is 32.6 Å². The van der Waals surface area contributed by atoms with Crippen LogP contribution in [0.5, 0.6) is 5.75 Å². The molecule has 1 aromatic heterocycles. The van der Waals surface area contributed by atoms with Crippen molar-refractivity contribution in [2.75, 3.05) is 10.2 Å². The lowest BCUT2D eigenvalue weighted by atomic mass is 9.83. The Labute approximate surface area is 240 Å². The summed E-state index contributed by atoms with van der Waals surface area (Å²) in [5, 5.41) is 12.2. The van der Waals surface area contributed by atoms with Crippen molar-refractivity contribution in [1.82, 2.24) is 4.57 Å². The average molecular weight is 596 g/mol. The third kappa shape index (κ3) is 4.59. The molecule has 4 aromatic rings. The molecule has 0 spiro atoms. The minimum absolute atomic E-state index is 0.0438. The van der Waals surface area contributed by atoms with Gasteiger partial charge in [0.05, 0.1) is 16.6 Å². The normalized spacial score (nSPS) is 19.9. The van der Waals surface area contributed by atoms with Crippen molar-refractivity contribution in [3.63, 3.8) is 0 Å². The summed E-state index contributed by atoms with van der Waals surface area (Å²) in [4.78, 5) is 54.8. The Morgan fingerprint density at radius 3 is 2.30 bits per heavy atom. The quantitative estimate of drug-likeness (QED) is 0.252. The highest BCUT2D eigenvalue weighted by molar-refractivity contribution is 8.00. The van der Waals surface area contributed by atoms with Crippen LogP contribution in [-0.2, 0) is 20.9 Å². The summed E-state index contributed by atoms with van der Waals surface area (Å²) in [5.74, 6) is -3.31. The lowest BCUT2D eigenvalue weighted by Gasteiger charge is -2.30. The van der Waals surface area contributed by atoms with Crippen molar-refractivity contribution >= 4 is 63.8 Å². The number of nitrogens with one attached hydrogen (secondary N) is 1. The molecular weight excluding hydrogens is 577 g/mol. The summed E-state index contributed by atoms with van der Waals surface area (Å²) in [6.07, 6.45) is 0. The number of aromatic hydroxyl groups is 1. The number of thiazole rings is 1. The summed E-state index contributed by atoms with van der Waals surface area (Å²) in [5.41, 5.74) is 1.40. The molecule has 2 N–H and O–H groups in total. The first-order chi connectivity index (χ1) is 19.2. The topological polar surface area (TPSA) is 109 Å². The van der Waals surface area contributed by atoms with E-state index >= 15 is 0 Å². The first-order valence-electron chi connectivity index (χ1n) is 12.1. The van der Waals surface area contributed by atoms with Crippen LogP contribution in [0.25, 0.3) is 0 Å². The number of anilines is 2. The molecule has 202 valence electrons. The van der Waals surface area contributed by atoms with Crippen molar-refractivity contribution in [3.05, 3.63) is 104 Å². The maximum absolute atomic E-state index is 13.8.